The first-order valence-electron chi connectivity index (χ1n) is 5.69. The highest BCUT2D eigenvalue weighted by molar-refractivity contribution is 8.27. The van der Waals surface area contributed by atoms with Crippen LogP contribution in [-0.2, 0) is 19.1 Å². The number of allylic oxidation sites excluding steroid dienone is 2. The molecule has 1 aliphatic carbocycles. The van der Waals surface area contributed by atoms with Crippen LogP contribution in [0.5, 0.6) is 0 Å². The number of ether oxygens (including phenoxy) is 1. The molecule has 0 amide bonds. The quantitative estimate of drug-likeness (QED) is 0.553. The van der Waals surface area contributed by atoms with Crippen LogP contribution in [0.2, 0.25) is 0 Å². The summed E-state index contributed by atoms with van der Waals surface area (Å²) in [7, 11) is -0.602. The van der Waals surface area contributed by atoms with Gasteiger partial charge in [0.15, 0.2) is 11.6 Å². The lowest BCUT2D eigenvalue weighted by molar-refractivity contribution is -0.124. The van der Waals surface area contributed by atoms with Crippen LogP contribution in [0.3, 0.4) is 0 Å². The molecule has 0 saturated heterocycles. The van der Waals surface area contributed by atoms with Crippen molar-refractivity contribution in [1.29, 1.82) is 0 Å². The van der Waals surface area contributed by atoms with Crippen LogP contribution >= 0.6 is 10.5 Å². The molecule has 0 fully saturated rings. The second-order valence-electron chi connectivity index (χ2n) is 4.12. The van der Waals surface area contributed by atoms with Crippen molar-refractivity contribution < 1.29 is 19.1 Å². The van der Waals surface area contributed by atoms with Gasteiger partial charge in [0.2, 0.25) is 5.12 Å². The average Bonchev–Trinajstić information content (AvgIpc) is 2.41. The first kappa shape index (κ1) is 13.1. The summed E-state index contributed by atoms with van der Waals surface area (Å²) in [4.78, 5) is 35.3. The Bertz CT molecular complexity index is 513. The number of carbonyl (C=O) groups excluding carboxylic acids is 3. The van der Waals surface area contributed by atoms with Gasteiger partial charge in [0, 0.05) is 17.6 Å². The molecule has 4 nitrogen and oxygen atoms in total. The molecule has 0 N–H and O–H groups in total. The fourth-order valence-electron chi connectivity index (χ4n) is 1.94. The molecule has 0 aromatic rings. The first-order valence-corrected chi connectivity index (χ1v) is 7.25. The van der Waals surface area contributed by atoms with Crippen LogP contribution in [0.1, 0.15) is 13.3 Å². The number of rotatable bonds is 2. The molecule has 0 spiro atoms. The number of hydrogen-bond donors (Lipinski definition) is 0. The third-order valence-corrected chi connectivity index (χ3v) is 4.59. The van der Waals surface area contributed by atoms with Crippen molar-refractivity contribution in [1.82, 2.24) is 0 Å². The van der Waals surface area contributed by atoms with Gasteiger partial charge in [-0.1, -0.05) is 12.8 Å². The summed E-state index contributed by atoms with van der Waals surface area (Å²) >= 11 is 0. The highest BCUT2D eigenvalue weighted by Gasteiger charge is 2.33. The summed E-state index contributed by atoms with van der Waals surface area (Å²) in [6, 6.07) is 0. The highest BCUT2D eigenvalue weighted by atomic mass is 32.2. The monoisotopic (exact) mass is 266 g/mol. The van der Waals surface area contributed by atoms with Crippen LogP contribution in [0.4, 0.5) is 0 Å². The second-order valence-corrected chi connectivity index (χ2v) is 6.09. The van der Waals surface area contributed by atoms with Crippen LogP contribution in [0, 0.1) is 0 Å². The van der Waals surface area contributed by atoms with E-state index in [1.807, 2.05) is 6.92 Å². The summed E-state index contributed by atoms with van der Waals surface area (Å²) in [6.07, 6.45) is 2.08. The SMILES string of the molecule is C=S(CC)C(=O)C1CC2=C(CO1)C(=O)C=CC2=O. The average molecular weight is 266 g/mol. The Balaban J connectivity index is 2.21. The molecular weight excluding hydrogens is 252 g/mol. The number of hydrogen-bond acceptors (Lipinski definition) is 4. The predicted molar refractivity (Wildman–Crippen MR) is 70.8 cm³/mol. The van der Waals surface area contributed by atoms with E-state index >= 15 is 0 Å². The largest absolute Gasteiger partial charge is 0.364 e. The zero-order chi connectivity index (χ0) is 13.3. The number of ketones is 2. The zero-order valence-electron chi connectivity index (χ0n) is 10.1. The van der Waals surface area contributed by atoms with E-state index in [1.165, 1.54) is 12.2 Å². The van der Waals surface area contributed by atoms with E-state index in [-0.39, 0.29) is 29.7 Å². The Morgan fingerprint density at radius 2 is 2.00 bits per heavy atom. The molecule has 0 aromatic heterocycles. The van der Waals surface area contributed by atoms with Crippen molar-refractivity contribution in [3.63, 3.8) is 0 Å². The Kier molecular flexibility index (Phi) is 3.73. The van der Waals surface area contributed by atoms with Crippen molar-refractivity contribution >= 4 is 33.0 Å². The van der Waals surface area contributed by atoms with E-state index < -0.39 is 16.6 Å². The summed E-state index contributed by atoms with van der Waals surface area (Å²) in [5.74, 6) is 4.07. The van der Waals surface area contributed by atoms with Gasteiger partial charge in [-0.2, -0.15) is 0 Å². The predicted octanol–water partition coefficient (Wildman–Crippen LogP) is 1.03. The van der Waals surface area contributed by atoms with E-state index in [1.54, 1.807) is 0 Å². The van der Waals surface area contributed by atoms with Gasteiger partial charge in [-0.3, -0.25) is 14.4 Å². The van der Waals surface area contributed by atoms with Crippen LogP contribution in [-0.4, -0.2) is 41.0 Å². The Hall–Kier alpha value is -1.33. The fourth-order valence-corrected chi connectivity index (χ4v) is 2.75. The van der Waals surface area contributed by atoms with Gasteiger partial charge in [-0.15, -0.1) is 10.5 Å². The minimum atomic E-state index is -0.632. The van der Waals surface area contributed by atoms with Crippen LogP contribution in [0.15, 0.2) is 23.3 Å². The van der Waals surface area contributed by atoms with Gasteiger partial charge in [0.05, 0.1) is 6.61 Å². The van der Waals surface area contributed by atoms with E-state index in [0.29, 0.717) is 16.9 Å². The van der Waals surface area contributed by atoms with Gasteiger partial charge >= 0.3 is 0 Å². The van der Waals surface area contributed by atoms with E-state index in [9.17, 15) is 14.4 Å². The molecule has 2 atom stereocenters. The third kappa shape index (κ3) is 2.28. The normalized spacial score (nSPS) is 25.1. The maximum Gasteiger partial charge on any atom is 0.212 e. The van der Waals surface area contributed by atoms with Crippen molar-refractivity contribution in [2.45, 2.75) is 19.4 Å². The third-order valence-electron chi connectivity index (χ3n) is 3.06. The molecule has 2 unspecified atom stereocenters. The molecule has 0 bridgehead atoms. The van der Waals surface area contributed by atoms with Gasteiger partial charge in [0.25, 0.3) is 0 Å². The van der Waals surface area contributed by atoms with Crippen molar-refractivity contribution in [2.24, 2.45) is 0 Å². The van der Waals surface area contributed by atoms with E-state index in [2.05, 4.69) is 5.87 Å². The molecule has 0 radical (unpaired) electrons. The van der Waals surface area contributed by atoms with E-state index in [4.69, 9.17) is 4.74 Å². The highest BCUT2D eigenvalue weighted by Crippen LogP contribution is 2.29. The molecule has 5 heteroatoms. The molecular formula is C13H14O4S. The second kappa shape index (κ2) is 5.12. The lowest BCUT2D eigenvalue weighted by Crippen LogP contribution is -2.34. The Labute approximate surface area is 108 Å². The molecule has 1 heterocycles. The van der Waals surface area contributed by atoms with Gasteiger partial charge in [-0.25, -0.2) is 0 Å². The van der Waals surface area contributed by atoms with Gasteiger partial charge in [-0.05, 0) is 17.9 Å². The summed E-state index contributed by atoms with van der Waals surface area (Å²) in [6.45, 7) is 1.93. The molecule has 0 saturated carbocycles. The molecule has 96 valence electrons. The molecule has 0 aromatic carbocycles. The fraction of sp³-hybridized carbons (Fsp3) is 0.385. The van der Waals surface area contributed by atoms with Crippen molar-refractivity contribution in [3.8, 4) is 0 Å². The molecule has 2 rings (SSSR count). The molecule has 18 heavy (non-hydrogen) atoms. The van der Waals surface area contributed by atoms with Crippen LogP contribution in [0.25, 0.3) is 0 Å². The topological polar surface area (TPSA) is 60.4 Å². The first-order chi connectivity index (χ1) is 8.54. The minimum Gasteiger partial charge on any atom is -0.364 e. The van der Waals surface area contributed by atoms with Gasteiger partial charge in [0.1, 0.15) is 6.10 Å². The smallest absolute Gasteiger partial charge is 0.212 e. The van der Waals surface area contributed by atoms with Gasteiger partial charge < -0.3 is 4.74 Å². The lowest BCUT2D eigenvalue weighted by atomic mass is 9.89. The Morgan fingerprint density at radius 3 is 2.61 bits per heavy atom. The number of carbonyl (C=O) groups is 3. The molecule has 2 aliphatic rings. The zero-order valence-corrected chi connectivity index (χ0v) is 10.9. The summed E-state index contributed by atoms with van der Waals surface area (Å²) in [5.41, 5.74) is 0.826. The maximum absolute atomic E-state index is 12.0. The summed E-state index contributed by atoms with van der Waals surface area (Å²) in [5, 5.41) is -0.0705. The van der Waals surface area contributed by atoms with E-state index in [0.717, 1.165) is 0 Å². The van der Waals surface area contributed by atoms with Crippen LogP contribution < -0.4 is 0 Å². The lowest BCUT2D eigenvalue weighted by Gasteiger charge is -2.26. The van der Waals surface area contributed by atoms with Crippen molar-refractivity contribution in [2.75, 3.05) is 12.4 Å². The Morgan fingerprint density at radius 1 is 1.39 bits per heavy atom. The summed E-state index contributed by atoms with van der Waals surface area (Å²) < 4.78 is 5.40. The maximum atomic E-state index is 12.0. The van der Waals surface area contributed by atoms with Crippen molar-refractivity contribution in [3.05, 3.63) is 23.3 Å². The molecule has 1 aliphatic heterocycles. The standard InChI is InChI=1S/C13H14O4S/c1-3-18(2)13(16)12-6-8-9(7-17-12)11(15)5-4-10(8)14/h4-5,12H,2-3,6-7H2,1H3. The minimum absolute atomic E-state index is 0.0432.